The van der Waals surface area contributed by atoms with Gasteiger partial charge < -0.3 is 5.11 Å². The Labute approximate surface area is 110 Å². The Morgan fingerprint density at radius 1 is 1.37 bits per heavy atom. The van der Waals surface area contributed by atoms with Crippen LogP contribution >= 0.6 is 0 Å². The molecule has 0 radical (unpaired) electrons. The molecule has 0 aliphatic heterocycles. The van der Waals surface area contributed by atoms with E-state index in [9.17, 15) is 4.79 Å². The minimum atomic E-state index is -1.05. The molecule has 5 heteroatoms. The van der Waals surface area contributed by atoms with Gasteiger partial charge in [-0.25, -0.2) is 9.48 Å². The summed E-state index contributed by atoms with van der Waals surface area (Å²) in [7, 11) is 0. The number of carbonyl (C=O) groups is 1. The van der Waals surface area contributed by atoms with Crippen molar-refractivity contribution in [3.63, 3.8) is 0 Å². The summed E-state index contributed by atoms with van der Waals surface area (Å²) in [5.41, 5.74) is 2.14. The van der Waals surface area contributed by atoms with Gasteiger partial charge in [-0.3, -0.25) is 0 Å². The molecule has 0 aliphatic carbocycles. The van der Waals surface area contributed by atoms with Crippen molar-refractivity contribution in [2.75, 3.05) is 0 Å². The Morgan fingerprint density at radius 2 is 2.00 bits per heavy atom. The van der Waals surface area contributed by atoms with E-state index in [-0.39, 0.29) is 11.6 Å². The quantitative estimate of drug-likeness (QED) is 0.914. The van der Waals surface area contributed by atoms with E-state index >= 15 is 0 Å². The van der Waals surface area contributed by atoms with Gasteiger partial charge in [0.15, 0.2) is 5.69 Å². The number of benzene rings is 1. The van der Waals surface area contributed by atoms with E-state index in [1.54, 1.807) is 35.0 Å². The van der Waals surface area contributed by atoms with Gasteiger partial charge in [0, 0.05) is 5.69 Å². The molecule has 1 aromatic carbocycles. The standard InChI is InChI=1S/C14H13N3O2/c1-9(2)13-7-12(14(18)19)16-17(13)11-5-3-10(8-15)4-6-11/h3-7,9H,1-2H3,(H,18,19). The summed E-state index contributed by atoms with van der Waals surface area (Å²) in [5.74, 6) is -0.898. The van der Waals surface area contributed by atoms with E-state index < -0.39 is 5.97 Å². The Morgan fingerprint density at radius 3 is 2.47 bits per heavy atom. The molecule has 19 heavy (non-hydrogen) atoms. The van der Waals surface area contributed by atoms with Crippen LogP contribution in [0.4, 0.5) is 0 Å². The molecule has 1 N–H and O–H groups in total. The summed E-state index contributed by atoms with van der Waals surface area (Å²) in [6.45, 7) is 3.95. The van der Waals surface area contributed by atoms with Crippen LogP contribution in [-0.4, -0.2) is 20.9 Å². The van der Waals surface area contributed by atoms with E-state index in [1.165, 1.54) is 0 Å². The summed E-state index contributed by atoms with van der Waals surface area (Å²) in [5, 5.41) is 21.9. The highest BCUT2D eigenvalue weighted by Gasteiger charge is 2.16. The van der Waals surface area contributed by atoms with E-state index in [2.05, 4.69) is 5.10 Å². The van der Waals surface area contributed by atoms with Crippen molar-refractivity contribution in [1.29, 1.82) is 5.26 Å². The fourth-order valence-electron chi connectivity index (χ4n) is 1.80. The number of aromatic carboxylic acids is 1. The van der Waals surface area contributed by atoms with Crippen LogP contribution in [0.2, 0.25) is 0 Å². The van der Waals surface area contributed by atoms with Crippen molar-refractivity contribution in [1.82, 2.24) is 9.78 Å². The third-order valence-corrected chi connectivity index (χ3v) is 2.79. The number of carboxylic acid groups (broad SMARTS) is 1. The minimum absolute atomic E-state index is 0.0214. The first-order valence-electron chi connectivity index (χ1n) is 5.86. The van der Waals surface area contributed by atoms with Crippen LogP contribution in [-0.2, 0) is 0 Å². The Bertz CT molecular complexity index is 648. The van der Waals surface area contributed by atoms with Gasteiger partial charge in [-0.2, -0.15) is 10.4 Å². The van der Waals surface area contributed by atoms with Crippen molar-refractivity contribution in [2.24, 2.45) is 0 Å². The molecule has 2 rings (SSSR count). The molecular weight excluding hydrogens is 242 g/mol. The van der Waals surface area contributed by atoms with Crippen molar-refractivity contribution in [3.8, 4) is 11.8 Å². The van der Waals surface area contributed by atoms with Crippen molar-refractivity contribution >= 4 is 5.97 Å². The average Bonchev–Trinajstić information content (AvgIpc) is 2.84. The lowest BCUT2D eigenvalue weighted by Crippen LogP contribution is -2.04. The normalized spacial score (nSPS) is 10.4. The van der Waals surface area contributed by atoms with Crippen molar-refractivity contribution in [3.05, 3.63) is 47.3 Å². The number of aromatic nitrogens is 2. The van der Waals surface area contributed by atoms with Crippen LogP contribution in [0.5, 0.6) is 0 Å². The highest BCUT2D eigenvalue weighted by Crippen LogP contribution is 2.20. The molecule has 0 atom stereocenters. The molecule has 0 fully saturated rings. The smallest absolute Gasteiger partial charge is 0.356 e. The van der Waals surface area contributed by atoms with Crippen molar-refractivity contribution in [2.45, 2.75) is 19.8 Å². The second kappa shape index (κ2) is 4.94. The van der Waals surface area contributed by atoms with Crippen molar-refractivity contribution < 1.29 is 9.90 Å². The highest BCUT2D eigenvalue weighted by atomic mass is 16.4. The Hall–Kier alpha value is -2.61. The second-order valence-corrected chi connectivity index (χ2v) is 4.48. The summed E-state index contributed by atoms with van der Waals surface area (Å²) >= 11 is 0. The molecule has 2 aromatic rings. The molecule has 96 valence electrons. The van der Waals surface area contributed by atoms with Crippen LogP contribution in [0.25, 0.3) is 5.69 Å². The van der Waals surface area contributed by atoms with Crippen LogP contribution in [0.1, 0.15) is 41.5 Å². The zero-order valence-corrected chi connectivity index (χ0v) is 10.7. The Kier molecular flexibility index (Phi) is 3.34. The zero-order chi connectivity index (χ0) is 14.0. The molecule has 0 amide bonds. The number of hydrogen-bond donors (Lipinski definition) is 1. The third-order valence-electron chi connectivity index (χ3n) is 2.79. The zero-order valence-electron chi connectivity index (χ0n) is 10.7. The largest absolute Gasteiger partial charge is 0.476 e. The topological polar surface area (TPSA) is 78.9 Å². The lowest BCUT2D eigenvalue weighted by atomic mass is 10.1. The van der Waals surface area contributed by atoms with Crippen LogP contribution in [0.15, 0.2) is 30.3 Å². The third kappa shape index (κ3) is 2.47. The van der Waals surface area contributed by atoms with E-state index in [4.69, 9.17) is 10.4 Å². The van der Waals surface area contributed by atoms with Gasteiger partial charge in [0.2, 0.25) is 0 Å². The maximum Gasteiger partial charge on any atom is 0.356 e. The number of hydrogen-bond acceptors (Lipinski definition) is 3. The van der Waals surface area contributed by atoms with Crippen LogP contribution in [0, 0.1) is 11.3 Å². The first kappa shape index (κ1) is 12.8. The molecule has 0 saturated carbocycles. The molecular formula is C14H13N3O2. The first-order valence-corrected chi connectivity index (χ1v) is 5.86. The van der Waals surface area contributed by atoms with Gasteiger partial charge in [-0.1, -0.05) is 13.8 Å². The van der Waals surface area contributed by atoms with Gasteiger partial charge in [0.05, 0.1) is 17.3 Å². The van der Waals surface area contributed by atoms with Gasteiger partial charge in [-0.15, -0.1) is 0 Å². The lowest BCUT2D eigenvalue weighted by Gasteiger charge is -2.09. The van der Waals surface area contributed by atoms with Crippen LogP contribution < -0.4 is 0 Å². The van der Waals surface area contributed by atoms with E-state index in [1.807, 2.05) is 19.9 Å². The second-order valence-electron chi connectivity index (χ2n) is 4.48. The van der Waals surface area contributed by atoms with Gasteiger partial charge in [0.1, 0.15) is 0 Å². The average molecular weight is 255 g/mol. The molecule has 0 aliphatic rings. The Balaban J connectivity index is 2.53. The predicted molar refractivity (Wildman–Crippen MR) is 69.3 cm³/mol. The minimum Gasteiger partial charge on any atom is -0.476 e. The SMILES string of the molecule is CC(C)c1cc(C(=O)O)nn1-c1ccc(C#N)cc1. The number of carboxylic acids is 1. The number of nitrogens with zero attached hydrogens (tertiary/aromatic N) is 3. The van der Waals surface area contributed by atoms with E-state index in [0.29, 0.717) is 5.56 Å². The maximum atomic E-state index is 11.0. The first-order chi connectivity index (χ1) is 9.02. The maximum absolute atomic E-state index is 11.0. The molecule has 1 aromatic heterocycles. The lowest BCUT2D eigenvalue weighted by molar-refractivity contribution is 0.0690. The molecule has 0 bridgehead atoms. The molecule has 0 spiro atoms. The summed E-state index contributed by atoms with van der Waals surface area (Å²) in [4.78, 5) is 11.0. The van der Waals surface area contributed by atoms with E-state index in [0.717, 1.165) is 11.4 Å². The number of nitriles is 1. The monoisotopic (exact) mass is 255 g/mol. The van der Waals surface area contributed by atoms with Crippen LogP contribution in [0.3, 0.4) is 0 Å². The highest BCUT2D eigenvalue weighted by molar-refractivity contribution is 5.85. The molecule has 0 saturated heterocycles. The molecule has 5 nitrogen and oxygen atoms in total. The van der Waals surface area contributed by atoms with Gasteiger partial charge in [-0.05, 0) is 36.2 Å². The summed E-state index contributed by atoms with van der Waals surface area (Å²) in [6.07, 6.45) is 0. The van der Waals surface area contributed by atoms with Gasteiger partial charge >= 0.3 is 5.97 Å². The summed E-state index contributed by atoms with van der Waals surface area (Å²) in [6, 6.07) is 10.5. The predicted octanol–water partition coefficient (Wildman–Crippen LogP) is 2.57. The fourth-order valence-corrected chi connectivity index (χ4v) is 1.80. The number of rotatable bonds is 3. The summed E-state index contributed by atoms with van der Waals surface area (Å²) < 4.78 is 1.61. The van der Waals surface area contributed by atoms with Gasteiger partial charge in [0.25, 0.3) is 0 Å². The fraction of sp³-hybridized carbons (Fsp3) is 0.214. The molecule has 1 heterocycles. The molecule has 0 unspecified atom stereocenters.